The Balaban J connectivity index is 1.74. The van der Waals surface area contributed by atoms with Crippen LogP contribution in [0.3, 0.4) is 0 Å². The lowest BCUT2D eigenvalue weighted by Crippen LogP contribution is -2.50. The van der Waals surface area contributed by atoms with E-state index in [0.717, 1.165) is 52.0 Å². The van der Waals surface area contributed by atoms with Crippen molar-refractivity contribution in [3.63, 3.8) is 0 Å². The van der Waals surface area contributed by atoms with Crippen LogP contribution >= 0.6 is 0 Å². The average Bonchev–Trinajstić information content (AvgIpc) is 2.69. The Bertz CT molecular complexity index is 284. The first-order valence-corrected chi connectivity index (χ1v) is 7.17. The minimum Gasteiger partial charge on any atom is -0.333 e. The molecule has 0 aromatic rings. The highest BCUT2D eigenvalue weighted by Crippen LogP contribution is 2.12. The Hall–Kier alpha value is -0.810. The highest BCUT2D eigenvalue weighted by molar-refractivity contribution is 5.76. The normalized spacial score (nSPS) is 29.7. The van der Waals surface area contributed by atoms with E-state index >= 15 is 0 Å². The van der Waals surface area contributed by atoms with Crippen molar-refractivity contribution < 1.29 is 4.79 Å². The van der Waals surface area contributed by atoms with Gasteiger partial charge < -0.3 is 20.4 Å². The number of rotatable bonds is 5. The van der Waals surface area contributed by atoms with Gasteiger partial charge in [-0.25, -0.2) is 4.79 Å². The third kappa shape index (κ3) is 3.36. The minimum atomic E-state index is 0.125. The van der Waals surface area contributed by atoms with Crippen molar-refractivity contribution in [3.8, 4) is 0 Å². The largest absolute Gasteiger partial charge is 0.333 e. The van der Waals surface area contributed by atoms with Crippen molar-refractivity contribution in [1.82, 2.24) is 20.4 Å². The van der Waals surface area contributed by atoms with Crippen LogP contribution in [0.2, 0.25) is 0 Å². The van der Waals surface area contributed by atoms with Gasteiger partial charge in [-0.05, 0) is 19.9 Å². The summed E-state index contributed by atoms with van der Waals surface area (Å²) in [5.74, 6) is 0. The summed E-state index contributed by atoms with van der Waals surface area (Å²) >= 11 is 0. The van der Waals surface area contributed by atoms with Crippen LogP contribution < -0.4 is 10.6 Å². The number of urea groups is 1. The molecule has 5 nitrogen and oxygen atoms in total. The van der Waals surface area contributed by atoms with E-state index in [9.17, 15) is 4.79 Å². The summed E-state index contributed by atoms with van der Waals surface area (Å²) in [6.45, 7) is 7.16. The molecule has 0 spiro atoms. The summed E-state index contributed by atoms with van der Waals surface area (Å²) in [7, 11) is 2.18. The summed E-state index contributed by atoms with van der Waals surface area (Å²) in [5, 5.41) is 6.48. The van der Waals surface area contributed by atoms with Gasteiger partial charge in [-0.3, -0.25) is 0 Å². The number of hydrogen-bond donors (Lipinski definition) is 2. The molecule has 2 aliphatic heterocycles. The molecule has 0 radical (unpaired) electrons. The predicted molar refractivity (Wildman–Crippen MR) is 72.7 cm³/mol. The highest BCUT2D eigenvalue weighted by Gasteiger charge is 2.28. The zero-order chi connectivity index (χ0) is 13.0. The predicted octanol–water partition coefficient (Wildman–Crippen LogP) is 0.474. The van der Waals surface area contributed by atoms with Crippen LogP contribution in [0, 0.1) is 0 Å². The number of carbonyl (C=O) groups is 1. The van der Waals surface area contributed by atoms with E-state index in [1.54, 1.807) is 0 Å². The standard InChI is InChI=1S/C13H26N4O/c1-3-4-11-10-17(13(18)15-11)7-5-12-9-14-6-8-16(12)2/h11-12,14H,3-10H2,1-2H3,(H,15,18). The molecule has 104 valence electrons. The van der Waals surface area contributed by atoms with Gasteiger partial charge >= 0.3 is 6.03 Å². The number of piperazine rings is 1. The molecular weight excluding hydrogens is 228 g/mol. The molecule has 18 heavy (non-hydrogen) atoms. The quantitative estimate of drug-likeness (QED) is 0.750. The summed E-state index contributed by atoms with van der Waals surface area (Å²) in [6.07, 6.45) is 3.29. The van der Waals surface area contributed by atoms with E-state index in [1.807, 2.05) is 4.90 Å². The van der Waals surface area contributed by atoms with Crippen molar-refractivity contribution in [1.29, 1.82) is 0 Å². The molecule has 0 aromatic carbocycles. The Morgan fingerprint density at radius 1 is 1.39 bits per heavy atom. The van der Waals surface area contributed by atoms with Crippen LogP contribution in [-0.2, 0) is 0 Å². The van der Waals surface area contributed by atoms with Crippen LogP contribution in [0.5, 0.6) is 0 Å². The second-order valence-electron chi connectivity index (χ2n) is 5.51. The zero-order valence-electron chi connectivity index (χ0n) is 11.6. The average molecular weight is 254 g/mol. The lowest BCUT2D eigenvalue weighted by Gasteiger charge is -2.33. The Labute approximate surface area is 110 Å². The number of nitrogens with zero attached hydrogens (tertiary/aromatic N) is 2. The fourth-order valence-corrected chi connectivity index (χ4v) is 2.86. The van der Waals surface area contributed by atoms with E-state index < -0.39 is 0 Å². The van der Waals surface area contributed by atoms with Gasteiger partial charge in [-0.15, -0.1) is 0 Å². The third-order valence-corrected chi connectivity index (χ3v) is 4.07. The first-order valence-electron chi connectivity index (χ1n) is 7.17. The van der Waals surface area contributed by atoms with Crippen molar-refractivity contribution in [2.45, 2.75) is 38.3 Å². The van der Waals surface area contributed by atoms with Crippen LogP contribution in [0.1, 0.15) is 26.2 Å². The second-order valence-corrected chi connectivity index (χ2v) is 5.51. The SMILES string of the molecule is CCCC1CN(CCC2CNCCN2C)C(=O)N1. The van der Waals surface area contributed by atoms with Gasteiger partial charge in [0.1, 0.15) is 0 Å². The molecule has 0 saturated carbocycles. The molecule has 2 N–H and O–H groups in total. The molecule has 2 saturated heterocycles. The Morgan fingerprint density at radius 2 is 2.22 bits per heavy atom. The Morgan fingerprint density at radius 3 is 2.94 bits per heavy atom. The number of amides is 2. The first kappa shape index (κ1) is 13.6. The number of nitrogens with one attached hydrogen (secondary N) is 2. The molecule has 0 aromatic heterocycles. The third-order valence-electron chi connectivity index (χ3n) is 4.07. The van der Waals surface area contributed by atoms with Gasteiger partial charge in [0.2, 0.25) is 0 Å². The number of hydrogen-bond acceptors (Lipinski definition) is 3. The minimum absolute atomic E-state index is 0.125. The van der Waals surface area contributed by atoms with Gasteiger partial charge in [0.05, 0.1) is 0 Å². The maximum absolute atomic E-state index is 11.8. The fourth-order valence-electron chi connectivity index (χ4n) is 2.86. The molecule has 2 atom stereocenters. The molecule has 0 aliphatic carbocycles. The molecule has 5 heteroatoms. The van der Waals surface area contributed by atoms with Crippen LogP contribution in [-0.4, -0.2) is 67.7 Å². The van der Waals surface area contributed by atoms with E-state index in [0.29, 0.717) is 12.1 Å². The maximum atomic E-state index is 11.8. The van der Waals surface area contributed by atoms with E-state index in [2.05, 4.69) is 29.5 Å². The lowest BCUT2D eigenvalue weighted by molar-refractivity contribution is 0.171. The van der Waals surface area contributed by atoms with Crippen LogP contribution in [0.25, 0.3) is 0 Å². The van der Waals surface area contributed by atoms with Gasteiger partial charge in [-0.1, -0.05) is 13.3 Å². The van der Waals surface area contributed by atoms with Gasteiger partial charge in [-0.2, -0.15) is 0 Å². The number of likely N-dealkylation sites (N-methyl/N-ethyl adjacent to an activating group) is 1. The van der Waals surface area contributed by atoms with E-state index in [4.69, 9.17) is 0 Å². The van der Waals surface area contributed by atoms with E-state index in [1.165, 1.54) is 0 Å². The zero-order valence-corrected chi connectivity index (χ0v) is 11.6. The van der Waals surface area contributed by atoms with E-state index in [-0.39, 0.29) is 6.03 Å². The van der Waals surface area contributed by atoms with Crippen LogP contribution in [0.4, 0.5) is 4.79 Å². The Kier molecular flexibility index (Phi) is 4.83. The fraction of sp³-hybridized carbons (Fsp3) is 0.923. The summed E-state index contributed by atoms with van der Waals surface area (Å²) in [5.41, 5.74) is 0. The molecule has 2 amide bonds. The van der Waals surface area contributed by atoms with Crippen molar-refractivity contribution >= 4 is 6.03 Å². The first-order chi connectivity index (χ1) is 8.70. The van der Waals surface area contributed by atoms with Crippen molar-refractivity contribution in [3.05, 3.63) is 0 Å². The molecule has 2 heterocycles. The molecule has 2 fully saturated rings. The molecular formula is C13H26N4O. The topological polar surface area (TPSA) is 47.6 Å². The highest BCUT2D eigenvalue weighted by atomic mass is 16.2. The van der Waals surface area contributed by atoms with Gasteiger partial charge in [0.15, 0.2) is 0 Å². The van der Waals surface area contributed by atoms with Gasteiger partial charge in [0, 0.05) is 44.8 Å². The van der Waals surface area contributed by atoms with Crippen molar-refractivity contribution in [2.75, 3.05) is 39.8 Å². The maximum Gasteiger partial charge on any atom is 0.317 e. The van der Waals surface area contributed by atoms with Crippen molar-refractivity contribution in [2.24, 2.45) is 0 Å². The summed E-state index contributed by atoms with van der Waals surface area (Å²) in [4.78, 5) is 16.2. The summed E-state index contributed by atoms with van der Waals surface area (Å²) in [6, 6.07) is 1.06. The molecule has 2 rings (SSSR count). The van der Waals surface area contributed by atoms with Gasteiger partial charge in [0.25, 0.3) is 0 Å². The monoisotopic (exact) mass is 254 g/mol. The summed E-state index contributed by atoms with van der Waals surface area (Å²) < 4.78 is 0. The number of carbonyl (C=O) groups excluding carboxylic acids is 1. The molecule has 2 unspecified atom stereocenters. The van der Waals surface area contributed by atoms with Crippen LogP contribution in [0.15, 0.2) is 0 Å². The lowest BCUT2D eigenvalue weighted by atomic mass is 10.1. The molecule has 0 bridgehead atoms. The molecule has 2 aliphatic rings. The second kappa shape index (κ2) is 6.38. The smallest absolute Gasteiger partial charge is 0.317 e.